The van der Waals surface area contributed by atoms with Crippen molar-refractivity contribution in [1.29, 1.82) is 5.26 Å². The Labute approximate surface area is 180 Å². The number of allylic oxidation sites excluding steroid dienone is 1. The summed E-state index contributed by atoms with van der Waals surface area (Å²) in [7, 11) is 0. The molecule has 31 heavy (non-hydrogen) atoms. The summed E-state index contributed by atoms with van der Waals surface area (Å²) in [4.78, 5) is 26.3. The van der Waals surface area contributed by atoms with Gasteiger partial charge in [0.05, 0.1) is 24.2 Å². The second-order valence-corrected chi connectivity index (χ2v) is 7.42. The zero-order chi connectivity index (χ0) is 22.0. The molecule has 6 heteroatoms. The standard InChI is InChI=1S/C25H22N4O2/c1-4-31-25(30)22-16(3)29-15(2)21(13-26)23(22)19-10-11-27-24-20(19)12-18(14-28-24)17-8-6-5-7-9-17/h5-12,14,21,23H,4H2,1-3H3. The Hall–Kier alpha value is -3.85. The molecule has 0 radical (unpaired) electrons. The van der Waals surface area contributed by atoms with Gasteiger partial charge in [-0.2, -0.15) is 5.26 Å². The molecule has 0 saturated heterocycles. The maximum absolute atomic E-state index is 12.9. The van der Waals surface area contributed by atoms with Crippen molar-refractivity contribution in [2.24, 2.45) is 10.9 Å². The van der Waals surface area contributed by atoms with Crippen LogP contribution in [0.2, 0.25) is 0 Å². The van der Waals surface area contributed by atoms with Crippen molar-refractivity contribution in [3.63, 3.8) is 0 Å². The molecule has 3 aromatic rings. The molecule has 0 fully saturated rings. The summed E-state index contributed by atoms with van der Waals surface area (Å²) in [5.41, 5.74) is 5.02. The van der Waals surface area contributed by atoms with E-state index in [0.29, 0.717) is 22.6 Å². The van der Waals surface area contributed by atoms with Crippen LogP contribution in [0.4, 0.5) is 0 Å². The van der Waals surface area contributed by atoms with Crippen LogP contribution >= 0.6 is 0 Å². The van der Waals surface area contributed by atoms with Gasteiger partial charge in [0.2, 0.25) is 0 Å². The van der Waals surface area contributed by atoms with Crippen molar-refractivity contribution in [2.75, 3.05) is 6.61 Å². The quantitative estimate of drug-likeness (QED) is 0.575. The first kappa shape index (κ1) is 20.4. The maximum atomic E-state index is 12.9. The highest BCUT2D eigenvalue weighted by atomic mass is 16.5. The van der Waals surface area contributed by atoms with Gasteiger partial charge in [0, 0.05) is 40.7 Å². The largest absolute Gasteiger partial charge is 0.463 e. The number of aliphatic imine (C=N–C) groups is 1. The Kier molecular flexibility index (Phi) is 5.59. The molecule has 1 aromatic carbocycles. The van der Waals surface area contributed by atoms with Crippen molar-refractivity contribution >= 4 is 22.7 Å². The Morgan fingerprint density at radius 1 is 1.13 bits per heavy atom. The lowest BCUT2D eigenvalue weighted by atomic mass is 9.75. The van der Waals surface area contributed by atoms with Crippen molar-refractivity contribution in [1.82, 2.24) is 9.97 Å². The third-order valence-electron chi connectivity index (χ3n) is 5.53. The van der Waals surface area contributed by atoms with E-state index in [-0.39, 0.29) is 6.61 Å². The molecule has 0 saturated carbocycles. The normalized spacial score (nSPS) is 18.5. The summed E-state index contributed by atoms with van der Waals surface area (Å²) in [6.45, 7) is 5.62. The molecule has 1 aliphatic rings. The molecule has 1 aliphatic heterocycles. The molecule has 4 rings (SSSR count). The van der Waals surface area contributed by atoms with Crippen molar-refractivity contribution in [2.45, 2.75) is 26.7 Å². The second kappa shape index (κ2) is 8.49. The van der Waals surface area contributed by atoms with Crippen LogP contribution in [0.1, 0.15) is 32.3 Å². The lowest BCUT2D eigenvalue weighted by Gasteiger charge is -2.29. The molecule has 154 valence electrons. The molecule has 0 amide bonds. The van der Waals surface area contributed by atoms with E-state index in [9.17, 15) is 10.1 Å². The van der Waals surface area contributed by atoms with Crippen LogP contribution in [0.3, 0.4) is 0 Å². The minimum Gasteiger partial charge on any atom is -0.463 e. The van der Waals surface area contributed by atoms with Crippen LogP contribution in [-0.2, 0) is 9.53 Å². The van der Waals surface area contributed by atoms with Crippen LogP contribution in [0.5, 0.6) is 0 Å². The highest BCUT2D eigenvalue weighted by Crippen LogP contribution is 2.41. The fraction of sp³-hybridized carbons (Fsp3) is 0.240. The fourth-order valence-electron chi connectivity index (χ4n) is 4.12. The van der Waals surface area contributed by atoms with Gasteiger partial charge < -0.3 is 4.74 Å². The minimum atomic E-state index is -0.589. The van der Waals surface area contributed by atoms with E-state index in [1.807, 2.05) is 49.4 Å². The molecule has 0 aliphatic carbocycles. The van der Waals surface area contributed by atoms with E-state index >= 15 is 0 Å². The zero-order valence-corrected chi connectivity index (χ0v) is 17.7. The van der Waals surface area contributed by atoms with Gasteiger partial charge in [-0.1, -0.05) is 30.3 Å². The molecule has 0 spiro atoms. The summed E-state index contributed by atoms with van der Waals surface area (Å²) >= 11 is 0. The lowest BCUT2D eigenvalue weighted by molar-refractivity contribution is -0.139. The van der Waals surface area contributed by atoms with E-state index in [0.717, 1.165) is 22.1 Å². The van der Waals surface area contributed by atoms with Crippen LogP contribution < -0.4 is 0 Å². The number of fused-ring (bicyclic) bond motifs is 1. The zero-order valence-electron chi connectivity index (χ0n) is 17.7. The summed E-state index contributed by atoms with van der Waals surface area (Å²) in [6, 6.07) is 16.2. The number of rotatable bonds is 4. The first-order chi connectivity index (χ1) is 15.0. The number of aromatic nitrogens is 2. The first-order valence-electron chi connectivity index (χ1n) is 10.2. The molecule has 2 unspecified atom stereocenters. The number of carbonyl (C=O) groups excluding carboxylic acids is 1. The molecule has 3 heterocycles. The number of hydrogen-bond donors (Lipinski definition) is 0. The van der Waals surface area contributed by atoms with Crippen LogP contribution in [0.15, 0.2) is 71.1 Å². The molecule has 2 atom stereocenters. The summed E-state index contributed by atoms with van der Waals surface area (Å²) in [5.74, 6) is -1.55. The van der Waals surface area contributed by atoms with Crippen LogP contribution in [0.25, 0.3) is 22.2 Å². The average molecular weight is 410 g/mol. The smallest absolute Gasteiger partial charge is 0.336 e. The van der Waals surface area contributed by atoms with Gasteiger partial charge in [-0.3, -0.25) is 4.99 Å². The maximum Gasteiger partial charge on any atom is 0.336 e. The van der Waals surface area contributed by atoms with E-state index in [2.05, 4.69) is 21.0 Å². The lowest BCUT2D eigenvalue weighted by Crippen LogP contribution is -2.29. The number of pyridine rings is 2. The molecule has 6 nitrogen and oxygen atoms in total. The van der Waals surface area contributed by atoms with Gasteiger partial charge in [0.1, 0.15) is 0 Å². The van der Waals surface area contributed by atoms with Gasteiger partial charge in [0.25, 0.3) is 0 Å². The predicted molar refractivity (Wildman–Crippen MR) is 119 cm³/mol. The van der Waals surface area contributed by atoms with Gasteiger partial charge in [0.15, 0.2) is 5.65 Å². The number of hydrogen-bond acceptors (Lipinski definition) is 6. The molecule has 0 N–H and O–H groups in total. The van der Waals surface area contributed by atoms with Crippen molar-refractivity contribution in [3.05, 3.63) is 71.7 Å². The first-order valence-corrected chi connectivity index (χ1v) is 10.2. The monoisotopic (exact) mass is 410 g/mol. The number of nitriles is 1. The Bertz CT molecular complexity index is 1260. The van der Waals surface area contributed by atoms with Crippen LogP contribution in [0, 0.1) is 17.2 Å². The molecule has 2 aromatic heterocycles. The van der Waals surface area contributed by atoms with Crippen LogP contribution in [-0.4, -0.2) is 28.3 Å². The predicted octanol–water partition coefficient (Wildman–Crippen LogP) is 4.83. The summed E-state index contributed by atoms with van der Waals surface area (Å²) in [5, 5.41) is 10.8. The molecular formula is C25H22N4O2. The van der Waals surface area contributed by atoms with E-state index in [4.69, 9.17) is 4.74 Å². The van der Waals surface area contributed by atoms with Gasteiger partial charge in [-0.05, 0) is 44.0 Å². The average Bonchev–Trinajstić information content (AvgIpc) is 2.78. The molecular weight excluding hydrogens is 388 g/mol. The van der Waals surface area contributed by atoms with E-state index in [1.165, 1.54) is 0 Å². The minimum absolute atomic E-state index is 0.249. The number of carbonyl (C=O) groups is 1. The number of benzene rings is 1. The van der Waals surface area contributed by atoms with E-state index < -0.39 is 17.8 Å². The topological polar surface area (TPSA) is 88.2 Å². The Balaban J connectivity index is 1.95. The van der Waals surface area contributed by atoms with Crippen molar-refractivity contribution < 1.29 is 9.53 Å². The Morgan fingerprint density at radius 3 is 2.61 bits per heavy atom. The third kappa shape index (κ3) is 3.71. The fourth-order valence-corrected chi connectivity index (χ4v) is 4.12. The number of esters is 1. The van der Waals surface area contributed by atoms with Crippen molar-refractivity contribution in [3.8, 4) is 17.2 Å². The third-order valence-corrected chi connectivity index (χ3v) is 5.53. The molecule has 0 bridgehead atoms. The van der Waals surface area contributed by atoms with Gasteiger partial charge in [-0.15, -0.1) is 0 Å². The summed E-state index contributed by atoms with van der Waals surface area (Å²) in [6.07, 6.45) is 3.46. The number of ether oxygens (including phenoxy) is 1. The second-order valence-electron chi connectivity index (χ2n) is 7.42. The van der Waals surface area contributed by atoms with Gasteiger partial charge >= 0.3 is 5.97 Å². The van der Waals surface area contributed by atoms with E-state index in [1.54, 1.807) is 26.2 Å². The Morgan fingerprint density at radius 2 is 1.90 bits per heavy atom. The SMILES string of the molecule is CCOC(=O)C1=C(C)N=C(C)C(C#N)C1c1ccnc2ncc(-c3ccccc3)cc12. The highest BCUT2D eigenvalue weighted by molar-refractivity contribution is 6.00. The summed E-state index contributed by atoms with van der Waals surface area (Å²) < 4.78 is 5.33. The number of nitrogens with zero attached hydrogens (tertiary/aromatic N) is 4. The van der Waals surface area contributed by atoms with Gasteiger partial charge in [-0.25, -0.2) is 14.8 Å². The highest BCUT2D eigenvalue weighted by Gasteiger charge is 2.38.